The SMILES string of the molecule is CN=C(NCC1CCN(CCc2ccccc2)C1)N1CC(C)OC(c2ccc(F)cc2)C1. The molecule has 6 heteroatoms. The molecule has 0 saturated carbocycles. The van der Waals surface area contributed by atoms with Crippen molar-refractivity contribution in [1.82, 2.24) is 15.1 Å². The first kappa shape index (κ1) is 22.7. The van der Waals surface area contributed by atoms with Crippen LogP contribution in [0.4, 0.5) is 4.39 Å². The van der Waals surface area contributed by atoms with Gasteiger partial charge < -0.3 is 19.9 Å². The number of aliphatic imine (C=N–C) groups is 1. The third kappa shape index (κ3) is 6.08. The summed E-state index contributed by atoms with van der Waals surface area (Å²) in [5, 5.41) is 3.61. The van der Waals surface area contributed by atoms with Gasteiger partial charge in [0.15, 0.2) is 5.96 Å². The third-order valence-electron chi connectivity index (χ3n) is 6.49. The van der Waals surface area contributed by atoms with Gasteiger partial charge in [-0.2, -0.15) is 0 Å². The van der Waals surface area contributed by atoms with Crippen LogP contribution in [-0.4, -0.2) is 68.2 Å². The molecule has 5 nitrogen and oxygen atoms in total. The van der Waals surface area contributed by atoms with Crippen molar-refractivity contribution < 1.29 is 9.13 Å². The van der Waals surface area contributed by atoms with Gasteiger partial charge in [-0.05, 0) is 55.5 Å². The molecule has 3 unspecified atom stereocenters. The molecule has 0 radical (unpaired) electrons. The summed E-state index contributed by atoms with van der Waals surface area (Å²) in [6.07, 6.45) is 2.32. The highest BCUT2D eigenvalue weighted by molar-refractivity contribution is 5.80. The van der Waals surface area contributed by atoms with E-state index in [9.17, 15) is 4.39 Å². The molecule has 3 atom stereocenters. The Morgan fingerprint density at radius 3 is 2.62 bits per heavy atom. The Hall–Kier alpha value is -2.44. The number of benzene rings is 2. The van der Waals surface area contributed by atoms with Gasteiger partial charge in [0.1, 0.15) is 11.9 Å². The van der Waals surface area contributed by atoms with E-state index in [1.54, 1.807) is 0 Å². The zero-order valence-corrected chi connectivity index (χ0v) is 19.2. The van der Waals surface area contributed by atoms with Crippen LogP contribution in [0.15, 0.2) is 59.6 Å². The van der Waals surface area contributed by atoms with E-state index in [-0.39, 0.29) is 18.0 Å². The molecule has 0 aliphatic carbocycles. The molecule has 2 aliphatic heterocycles. The fourth-order valence-electron chi connectivity index (χ4n) is 4.77. The van der Waals surface area contributed by atoms with Crippen molar-refractivity contribution in [2.24, 2.45) is 10.9 Å². The summed E-state index contributed by atoms with van der Waals surface area (Å²) < 4.78 is 19.5. The summed E-state index contributed by atoms with van der Waals surface area (Å²) in [4.78, 5) is 9.39. The predicted molar refractivity (Wildman–Crippen MR) is 127 cm³/mol. The van der Waals surface area contributed by atoms with E-state index in [2.05, 4.69) is 57.4 Å². The van der Waals surface area contributed by atoms with Crippen molar-refractivity contribution in [2.45, 2.75) is 32.0 Å². The monoisotopic (exact) mass is 438 g/mol. The molecular weight excluding hydrogens is 403 g/mol. The van der Waals surface area contributed by atoms with Crippen molar-refractivity contribution in [2.75, 3.05) is 46.3 Å². The van der Waals surface area contributed by atoms with Crippen molar-refractivity contribution in [3.63, 3.8) is 0 Å². The first-order valence-electron chi connectivity index (χ1n) is 11.7. The number of halogens is 1. The minimum Gasteiger partial charge on any atom is -0.367 e. The largest absolute Gasteiger partial charge is 0.367 e. The van der Waals surface area contributed by atoms with E-state index < -0.39 is 0 Å². The van der Waals surface area contributed by atoms with Gasteiger partial charge in [-0.3, -0.25) is 4.99 Å². The second-order valence-corrected chi connectivity index (χ2v) is 9.01. The minimum atomic E-state index is -0.221. The van der Waals surface area contributed by atoms with E-state index in [4.69, 9.17) is 4.74 Å². The number of nitrogens with one attached hydrogen (secondary N) is 1. The predicted octanol–water partition coefficient (Wildman–Crippen LogP) is 3.73. The molecule has 172 valence electrons. The number of nitrogens with zero attached hydrogens (tertiary/aromatic N) is 3. The lowest BCUT2D eigenvalue weighted by molar-refractivity contribution is -0.0605. The molecular formula is C26H35FN4O. The molecule has 0 aromatic heterocycles. The van der Waals surface area contributed by atoms with E-state index >= 15 is 0 Å². The maximum absolute atomic E-state index is 13.3. The molecule has 4 rings (SSSR count). The molecule has 0 bridgehead atoms. The van der Waals surface area contributed by atoms with Crippen LogP contribution in [0.1, 0.15) is 30.6 Å². The van der Waals surface area contributed by atoms with E-state index in [1.807, 2.05) is 19.2 Å². The molecule has 2 saturated heterocycles. The number of rotatable bonds is 6. The van der Waals surface area contributed by atoms with Gasteiger partial charge in [-0.25, -0.2) is 4.39 Å². The first-order valence-corrected chi connectivity index (χ1v) is 11.7. The summed E-state index contributed by atoms with van der Waals surface area (Å²) in [5.74, 6) is 1.34. The van der Waals surface area contributed by atoms with Crippen LogP contribution in [0.2, 0.25) is 0 Å². The molecule has 1 N–H and O–H groups in total. The highest BCUT2D eigenvalue weighted by Gasteiger charge is 2.29. The van der Waals surface area contributed by atoms with Gasteiger partial charge in [0.05, 0.1) is 12.6 Å². The Labute approximate surface area is 191 Å². The van der Waals surface area contributed by atoms with Crippen LogP contribution in [-0.2, 0) is 11.2 Å². The number of hydrogen-bond donors (Lipinski definition) is 1. The fraction of sp³-hybridized carbons (Fsp3) is 0.500. The molecule has 2 heterocycles. The van der Waals surface area contributed by atoms with Gasteiger partial charge >= 0.3 is 0 Å². The maximum atomic E-state index is 13.3. The molecule has 0 spiro atoms. The lowest BCUT2D eigenvalue weighted by atomic mass is 10.1. The summed E-state index contributed by atoms with van der Waals surface area (Å²) >= 11 is 0. The molecule has 32 heavy (non-hydrogen) atoms. The number of guanidine groups is 1. The molecule has 0 amide bonds. The zero-order valence-electron chi connectivity index (χ0n) is 19.2. The smallest absolute Gasteiger partial charge is 0.193 e. The quantitative estimate of drug-likeness (QED) is 0.551. The summed E-state index contributed by atoms with van der Waals surface area (Å²) in [6.45, 7) is 7.94. The fourth-order valence-corrected chi connectivity index (χ4v) is 4.77. The lowest BCUT2D eigenvalue weighted by Gasteiger charge is -2.39. The standard InChI is InChI=1S/C26H35FN4O/c1-20-17-31(19-25(32-20)23-8-10-24(27)11-9-23)26(28-2)29-16-22-13-15-30(18-22)14-12-21-6-4-3-5-7-21/h3-11,20,22,25H,12-19H2,1-2H3,(H,28,29). The van der Waals surface area contributed by atoms with Crippen molar-refractivity contribution in [1.29, 1.82) is 0 Å². The van der Waals surface area contributed by atoms with Crippen molar-refractivity contribution in [3.8, 4) is 0 Å². The minimum absolute atomic E-state index is 0.0808. The Kier molecular flexibility index (Phi) is 7.76. The van der Waals surface area contributed by atoms with Crippen LogP contribution >= 0.6 is 0 Å². The van der Waals surface area contributed by atoms with Crippen LogP contribution in [0.25, 0.3) is 0 Å². The van der Waals surface area contributed by atoms with Gasteiger partial charge in [0.2, 0.25) is 0 Å². The zero-order chi connectivity index (χ0) is 22.3. The highest BCUT2D eigenvalue weighted by Crippen LogP contribution is 2.25. The number of hydrogen-bond acceptors (Lipinski definition) is 3. The maximum Gasteiger partial charge on any atom is 0.193 e. The van der Waals surface area contributed by atoms with Gasteiger partial charge in [-0.1, -0.05) is 42.5 Å². The van der Waals surface area contributed by atoms with Crippen molar-refractivity contribution >= 4 is 5.96 Å². The van der Waals surface area contributed by atoms with E-state index in [1.165, 1.54) is 30.7 Å². The average molecular weight is 439 g/mol. The van der Waals surface area contributed by atoms with E-state index in [0.717, 1.165) is 44.1 Å². The van der Waals surface area contributed by atoms with Crippen LogP contribution in [0.3, 0.4) is 0 Å². The van der Waals surface area contributed by atoms with Gasteiger partial charge in [0.25, 0.3) is 0 Å². The van der Waals surface area contributed by atoms with Crippen LogP contribution in [0, 0.1) is 11.7 Å². The normalized spacial score (nSPS) is 24.7. The average Bonchev–Trinajstić information content (AvgIpc) is 3.27. The van der Waals surface area contributed by atoms with E-state index in [0.29, 0.717) is 12.5 Å². The number of morpholine rings is 1. The first-order chi connectivity index (χ1) is 15.6. The van der Waals surface area contributed by atoms with Gasteiger partial charge in [0, 0.05) is 33.2 Å². The van der Waals surface area contributed by atoms with Crippen LogP contribution in [0.5, 0.6) is 0 Å². The summed E-state index contributed by atoms with van der Waals surface area (Å²) in [7, 11) is 1.84. The highest BCUT2D eigenvalue weighted by atomic mass is 19.1. The lowest BCUT2D eigenvalue weighted by Crippen LogP contribution is -2.51. The number of likely N-dealkylation sites (tertiary alicyclic amines) is 1. The van der Waals surface area contributed by atoms with Crippen LogP contribution < -0.4 is 5.32 Å². The van der Waals surface area contributed by atoms with Crippen molar-refractivity contribution in [3.05, 3.63) is 71.5 Å². The topological polar surface area (TPSA) is 40.1 Å². The second kappa shape index (κ2) is 10.9. The van der Waals surface area contributed by atoms with Gasteiger partial charge in [-0.15, -0.1) is 0 Å². The third-order valence-corrected chi connectivity index (χ3v) is 6.49. The molecule has 2 aromatic carbocycles. The Balaban J connectivity index is 1.26. The Bertz CT molecular complexity index is 873. The molecule has 2 aromatic rings. The number of ether oxygens (including phenoxy) is 1. The summed E-state index contributed by atoms with van der Waals surface area (Å²) in [5.41, 5.74) is 2.41. The second-order valence-electron chi connectivity index (χ2n) is 9.01. The Morgan fingerprint density at radius 2 is 1.88 bits per heavy atom. The Morgan fingerprint density at radius 1 is 1.09 bits per heavy atom. The summed E-state index contributed by atoms with van der Waals surface area (Å²) in [6, 6.07) is 17.4. The molecule has 2 aliphatic rings. The molecule has 2 fully saturated rings.